The summed E-state index contributed by atoms with van der Waals surface area (Å²) in [6, 6.07) is 9.14. The van der Waals surface area contributed by atoms with Crippen LogP contribution in [0.2, 0.25) is 0 Å². The summed E-state index contributed by atoms with van der Waals surface area (Å²) in [6.07, 6.45) is 0. The number of aryl methyl sites for hydroxylation is 1. The average Bonchev–Trinajstić information content (AvgIpc) is 2.92. The second-order valence-electron chi connectivity index (χ2n) is 4.44. The molecular formula is C14H12N4O3. The van der Waals surface area contributed by atoms with Crippen LogP contribution < -0.4 is 4.74 Å². The lowest BCUT2D eigenvalue weighted by Crippen LogP contribution is -2.07. The Bertz CT molecular complexity index is 824. The number of aromatic nitrogens is 4. The number of methoxy groups -OCH3 is 1. The minimum atomic E-state index is -1.13. The number of rotatable bonds is 3. The maximum atomic E-state index is 11.1. The Hall–Kier alpha value is -2.96. The number of hydrogen-bond donors (Lipinski definition) is 1. The van der Waals surface area contributed by atoms with Crippen molar-refractivity contribution in [1.29, 1.82) is 0 Å². The average molecular weight is 284 g/mol. The first-order valence-electron chi connectivity index (χ1n) is 6.20. The minimum Gasteiger partial charge on any atom is -0.497 e. The standard InChI is InChI=1S/C14H12N4O3/c1-8-15-11(9-3-5-10(21-2)6-4-9)7-12-16-17-13(14(19)20)18(8)12/h3-7H,1-2H3,(H,19,20). The first-order valence-corrected chi connectivity index (χ1v) is 6.20. The summed E-state index contributed by atoms with van der Waals surface area (Å²) in [5, 5.41) is 16.6. The maximum Gasteiger partial charge on any atom is 0.374 e. The number of hydrogen-bond acceptors (Lipinski definition) is 5. The van der Waals surface area contributed by atoms with Gasteiger partial charge in [-0.2, -0.15) is 0 Å². The molecule has 106 valence electrons. The normalized spacial score (nSPS) is 10.8. The Morgan fingerprint density at radius 2 is 1.95 bits per heavy atom. The minimum absolute atomic E-state index is 0.142. The largest absolute Gasteiger partial charge is 0.497 e. The molecule has 0 atom stereocenters. The SMILES string of the molecule is COc1ccc(-c2cc3nnc(C(=O)O)n3c(C)n2)cc1. The van der Waals surface area contributed by atoms with Crippen LogP contribution in [0.5, 0.6) is 5.75 Å². The van der Waals surface area contributed by atoms with Crippen LogP contribution >= 0.6 is 0 Å². The van der Waals surface area contributed by atoms with Gasteiger partial charge in [-0.3, -0.25) is 4.40 Å². The van der Waals surface area contributed by atoms with Crippen molar-refractivity contribution in [1.82, 2.24) is 19.6 Å². The van der Waals surface area contributed by atoms with Gasteiger partial charge in [0.1, 0.15) is 11.6 Å². The van der Waals surface area contributed by atoms with Gasteiger partial charge in [0, 0.05) is 11.6 Å². The van der Waals surface area contributed by atoms with Crippen molar-refractivity contribution in [3.05, 3.63) is 42.0 Å². The number of benzene rings is 1. The lowest BCUT2D eigenvalue weighted by atomic mass is 10.1. The first kappa shape index (κ1) is 13.0. The van der Waals surface area contributed by atoms with E-state index in [1.54, 1.807) is 20.1 Å². The summed E-state index contributed by atoms with van der Waals surface area (Å²) in [5.41, 5.74) is 2.04. The molecule has 0 aliphatic rings. The summed E-state index contributed by atoms with van der Waals surface area (Å²) < 4.78 is 6.53. The molecule has 2 aromatic heterocycles. The number of carboxylic acids is 1. The molecule has 2 heterocycles. The summed E-state index contributed by atoms with van der Waals surface area (Å²) in [5.74, 6) is -0.00575. The van der Waals surface area contributed by atoms with E-state index in [0.717, 1.165) is 11.3 Å². The predicted octanol–water partition coefficient (Wildman–Crippen LogP) is 1.81. The Balaban J connectivity index is 2.14. The van der Waals surface area contributed by atoms with Gasteiger partial charge in [0.05, 0.1) is 12.8 Å². The molecule has 21 heavy (non-hydrogen) atoms. The molecule has 0 saturated carbocycles. The molecular weight excluding hydrogens is 272 g/mol. The molecule has 3 aromatic rings. The van der Waals surface area contributed by atoms with Crippen LogP contribution in [0.4, 0.5) is 0 Å². The third-order valence-corrected chi connectivity index (χ3v) is 3.14. The highest BCUT2D eigenvalue weighted by molar-refractivity contribution is 5.84. The van der Waals surface area contributed by atoms with E-state index in [-0.39, 0.29) is 5.82 Å². The first-order chi connectivity index (χ1) is 10.1. The molecule has 7 nitrogen and oxygen atoms in total. The summed E-state index contributed by atoms with van der Waals surface area (Å²) >= 11 is 0. The number of carboxylic acid groups (broad SMARTS) is 1. The molecule has 3 rings (SSSR count). The molecule has 0 bridgehead atoms. The molecule has 0 radical (unpaired) electrons. The smallest absolute Gasteiger partial charge is 0.374 e. The molecule has 0 fully saturated rings. The zero-order valence-corrected chi connectivity index (χ0v) is 11.4. The quantitative estimate of drug-likeness (QED) is 0.788. The van der Waals surface area contributed by atoms with Crippen molar-refractivity contribution in [2.75, 3.05) is 7.11 Å². The molecule has 0 aliphatic carbocycles. The van der Waals surface area contributed by atoms with Gasteiger partial charge < -0.3 is 9.84 Å². The van der Waals surface area contributed by atoms with Crippen molar-refractivity contribution < 1.29 is 14.6 Å². The van der Waals surface area contributed by atoms with E-state index in [1.807, 2.05) is 24.3 Å². The molecule has 0 unspecified atom stereocenters. The van der Waals surface area contributed by atoms with Gasteiger partial charge in [-0.25, -0.2) is 9.78 Å². The number of ether oxygens (including phenoxy) is 1. The molecule has 1 N–H and O–H groups in total. The van der Waals surface area contributed by atoms with Crippen LogP contribution in [-0.2, 0) is 0 Å². The summed E-state index contributed by atoms with van der Waals surface area (Å²) in [6.45, 7) is 1.72. The van der Waals surface area contributed by atoms with E-state index in [2.05, 4.69) is 15.2 Å². The highest BCUT2D eigenvalue weighted by Crippen LogP contribution is 2.22. The Morgan fingerprint density at radius 1 is 1.24 bits per heavy atom. The fourth-order valence-electron chi connectivity index (χ4n) is 2.14. The molecule has 7 heteroatoms. The second kappa shape index (κ2) is 4.86. The maximum absolute atomic E-state index is 11.1. The van der Waals surface area contributed by atoms with Crippen LogP contribution in [0.3, 0.4) is 0 Å². The van der Waals surface area contributed by atoms with E-state index in [1.165, 1.54) is 4.40 Å². The summed E-state index contributed by atoms with van der Waals surface area (Å²) in [4.78, 5) is 15.5. The van der Waals surface area contributed by atoms with Crippen molar-refractivity contribution in [3.8, 4) is 17.0 Å². The number of carbonyl (C=O) groups is 1. The van der Waals surface area contributed by atoms with Gasteiger partial charge in [0.15, 0.2) is 5.65 Å². The van der Waals surface area contributed by atoms with Gasteiger partial charge >= 0.3 is 5.97 Å². The van der Waals surface area contributed by atoms with Gasteiger partial charge in [-0.1, -0.05) is 0 Å². The van der Waals surface area contributed by atoms with Crippen LogP contribution in [0.15, 0.2) is 30.3 Å². The Labute approximate surface area is 119 Å². The van der Waals surface area contributed by atoms with Crippen molar-refractivity contribution in [2.45, 2.75) is 6.92 Å². The van der Waals surface area contributed by atoms with Gasteiger partial charge in [0.25, 0.3) is 0 Å². The van der Waals surface area contributed by atoms with E-state index in [9.17, 15) is 4.79 Å². The highest BCUT2D eigenvalue weighted by Gasteiger charge is 2.16. The number of nitrogens with zero attached hydrogens (tertiary/aromatic N) is 4. The van der Waals surface area contributed by atoms with Gasteiger partial charge in [0.2, 0.25) is 5.82 Å². The van der Waals surface area contributed by atoms with Crippen molar-refractivity contribution >= 4 is 11.6 Å². The van der Waals surface area contributed by atoms with E-state index in [0.29, 0.717) is 17.2 Å². The topological polar surface area (TPSA) is 89.6 Å². The van der Waals surface area contributed by atoms with Crippen LogP contribution in [-0.4, -0.2) is 37.8 Å². The van der Waals surface area contributed by atoms with Crippen LogP contribution in [0.25, 0.3) is 16.9 Å². The zero-order chi connectivity index (χ0) is 15.0. The van der Waals surface area contributed by atoms with E-state index >= 15 is 0 Å². The molecule has 0 spiro atoms. The lowest BCUT2D eigenvalue weighted by molar-refractivity contribution is 0.0681. The molecule has 0 aliphatic heterocycles. The van der Waals surface area contributed by atoms with Gasteiger partial charge in [-0.15, -0.1) is 10.2 Å². The van der Waals surface area contributed by atoms with E-state index < -0.39 is 5.97 Å². The number of fused-ring (bicyclic) bond motifs is 1. The number of aromatic carboxylic acids is 1. The van der Waals surface area contributed by atoms with Crippen molar-refractivity contribution in [3.63, 3.8) is 0 Å². The van der Waals surface area contributed by atoms with Crippen LogP contribution in [0, 0.1) is 6.92 Å². The fourth-order valence-corrected chi connectivity index (χ4v) is 2.14. The third kappa shape index (κ3) is 2.18. The predicted molar refractivity (Wildman–Crippen MR) is 74.5 cm³/mol. The second-order valence-corrected chi connectivity index (χ2v) is 4.44. The lowest BCUT2D eigenvalue weighted by Gasteiger charge is -2.06. The van der Waals surface area contributed by atoms with E-state index in [4.69, 9.17) is 9.84 Å². The third-order valence-electron chi connectivity index (χ3n) is 3.14. The monoisotopic (exact) mass is 284 g/mol. The highest BCUT2D eigenvalue weighted by atomic mass is 16.5. The zero-order valence-electron chi connectivity index (χ0n) is 11.4. The Kier molecular flexibility index (Phi) is 3.02. The molecule has 0 saturated heterocycles. The Morgan fingerprint density at radius 3 is 2.57 bits per heavy atom. The molecule has 1 aromatic carbocycles. The fraction of sp³-hybridized carbons (Fsp3) is 0.143. The summed E-state index contributed by atoms with van der Waals surface area (Å²) in [7, 11) is 1.60. The van der Waals surface area contributed by atoms with Gasteiger partial charge in [-0.05, 0) is 31.2 Å². The van der Waals surface area contributed by atoms with Crippen molar-refractivity contribution in [2.24, 2.45) is 0 Å². The van der Waals surface area contributed by atoms with Crippen LogP contribution in [0.1, 0.15) is 16.4 Å². The molecule has 0 amide bonds.